The van der Waals surface area contributed by atoms with Gasteiger partial charge in [-0.05, 0) is 47.0 Å². The van der Waals surface area contributed by atoms with Gasteiger partial charge in [0.15, 0.2) is 0 Å². The zero-order valence-electron chi connectivity index (χ0n) is 15.6. The summed E-state index contributed by atoms with van der Waals surface area (Å²) in [6.45, 7) is 2.99. The van der Waals surface area contributed by atoms with E-state index in [0.717, 1.165) is 23.4 Å². The summed E-state index contributed by atoms with van der Waals surface area (Å²) >= 11 is 0. The molecule has 1 atom stereocenters. The van der Waals surface area contributed by atoms with E-state index >= 15 is 0 Å². The smallest absolute Gasteiger partial charge is 0.126 e. The lowest BCUT2D eigenvalue weighted by molar-refractivity contribution is 0.416. The molecule has 3 heteroatoms. The number of hydrogen-bond acceptors (Lipinski definition) is 3. The first-order valence-electron chi connectivity index (χ1n) is 9.17. The highest BCUT2D eigenvalue weighted by Crippen LogP contribution is 2.31. The van der Waals surface area contributed by atoms with Crippen LogP contribution in [0.5, 0.6) is 5.75 Å². The number of rotatable bonds is 6. The molecule has 1 N–H and O–H groups in total. The van der Waals surface area contributed by atoms with Crippen molar-refractivity contribution in [2.75, 3.05) is 7.11 Å². The van der Waals surface area contributed by atoms with Gasteiger partial charge in [0.2, 0.25) is 0 Å². The number of furan rings is 1. The van der Waals surface area contributed by atoms with Gasteiger partial charge in [-0.1, -0.05) is 48.5 Å². The number of ether oxygens (including phenoxy) is 1. The minimum Gasteiger partial charge on any atom is -0.496 e. The van der Waals surface area contributed by atoms with Gasteiger partial charge in [0, 0.05) is 23.7 Å². The SMILES string of the molecule is COc1ccc(CN[C@H](C)c2cccc3ccccc23)cc1-c1ccoc1. The summed E-state index contributed by atoms with van der Waals surface area (Å²) in [5.74, 6) is 0.849. The molecule has 0 fully saturated rings. The summed E-state index contributed by atoms with van der Waals surface area (Å²) in [5, 5.41) is 6.23. The molecule has 0 saturated carbocycles. The van der Waals surface area contributed by atoms with Crippen LogP contribution in [0.2, 0.25) is 0 Å². The first-order chi connectivity index (χ1) is 13.3. The average molecular weight is 357 g/mol. The Kier molecular flexibility index (Phi) is 4.95. The molecule has 4 rings (SSSR count). The van der Waals surface area contributed by atoms with Crippen LogP contribution in [0.3, 0.4) is 0 Å². The Balaban J connectivity index is 1.55. The summed E-state index contributed by atoms with van der Waals surface area (Å²) in [6, 6.07) is 23.5. The quantitative estimate of drug-likeness (QED) is 0.462. The lowest BCUT2D eigenvalue weighted by atomic mass is 9.99. The third kappa shape index (κ3) is 3.60. The summed E-state index contributed by atoms with van der Waals surface area (Å²) in [5.41, 5.74) is 4.59. The fourth-order valence-corrected chi connectivity index (χ4v) is 3.52. The normalized spacial score (nSPS) is 12.2. The van der Waals surface area contributed by atoms with Crippen LogP contribution >= 0.6 is 0 Å². The highest BCUT2D eigenvalue weighted by Gasteiger charge is 2.11. The third-order valence-electron chi connectivity index (χ3n) is 5.00. The molecule has 1 aromatic heterocycles. The minimum absolute atomic E-state index is 0.246. The molecule has 1 heterocycles. The lowest BCUT2D eigenvalue weighted by Crippen LogP contribution is -2.18. The van der Waals surface area contributed by atoms with Crippen LogP contribution in [0.4, 0.5) is 0 Å². The van der Waals surface area contributed by atoms with Crippen LogP contribution in [0.1, 0.15) is 24.1 Å². The molecule has 0 aliphatic rings. The van der Waals surface area contributed by atoms with E-state index in [1.165, 1.54) is 21.9 Å². The Hall–Kier alpha value is -3.04. The first-order valence-corrected chi connectivity index (χ1v) is 9.17. The van der Waals surface area contributed by atoms with Gasteiger partial charge in [0.25, 0.3) is 0 Å². The fourth-order valence-electron chi connectivity index (χ4n) is 3.52. The Morgan fingerprint density at radius 2 is 1.85 bits per heavy atom. The van der Waals surface area contributed by atoms with E-state index in [0.29, 0.717) is 0 Å². The van der Waals surface area contributed by atoms with E-state index in [4.69, 9.17) is 9.15 Å². The van der Waals surface area contributed by atoms with Gasteiger partial charge in [-0.2, -0.15) is 0 Å². The second-order valence-corrected chi connectivity index (χ2v) is 6.72. The number of nitrogens with one attached hydrogen (secondary N) is 1. The molecular formula is C24H23NO2. The van der Waals surface area contributed by atoms with Crippen molar-refractivity contribution in [3.63, 3.8) is 0 Å². The standard InChI is InChI=1S/C24H23NO2/c1-17(21-9-5-7-19-6-3-4-8-22(19)21)25-15-18-10-11-24(26-2)23(14-18)20-12-13-27-16-20/h3-14,16-17,25H,15H2,1-2H3/t17-/m1/s1. The Labute approximate surface area is 159 Å². The van der Waals surface area contributed by atoms with Gasteiger partial charge in [-0.25, -0.2) is 0 Å². The average Bonchev–Trinajstić information content (AvgIpc) is 3.26. The second-order valence-electron chi connectivity index (χ2n) is 6.72. The maximum atomic E-state index is 5.51. The molecule has 0 amide bonds. The number of hydrogen-bond donors (Lipinski definition) is 1. The van der Waals surface area contributed by atoms with Crippen molar-refractivity contribution >= 4 is 10.8 Å². The maximum Gasteiger partial charge on any atom is 0.126 e. The zero-order valence-corrected chi connectivity index (χ0v) is 15.6. The molecule has 0 aliphatic carbocycles. The van der Waals surface area contributed by atoms with Gasteiger partial charge in [0.1, 0.15) is 5.75 Å². The van der Waals surface area contributed by atoms with Crippen LogP contribution < -0.4 is 10.1 Å². The van der Waals surface area contributed by atoms with Crippen molar-refractivity contribution in [3.8, 4) is 16.9 Å². The molecule has 27 heavy (non-hydrogen) atoms. The predicted octanol–water partition coefficient (Wildman–Crippen LogP) is 5.96. The van der Waals surface area contributed by atoms with Gasteiger partial charge >= 0.3 is 0 Å². The largest absolute Gasteiger partial charge is 0.496 e. The molecule has 0 radical (unpaired) electrons. The van der Waals surface area contributed by atoms with Crippen LogP contribution in [0, 0.1) is 0 Å². The van der Waals surface area contributed by atoms with Crippen molar-refractivity contribution < 1.29 is 9.15 Å². The third-order valence-corrected chi connectivity index (χ3v) is 5.00. The minimum atomic E-state index is 0.246. The van der Waals surface area contributed by atoms with Crippen LogP contribution in [-0.4, -0.2) is 7.11 Å². The number of methoxy groups -OCH3 is 1. The second kappa shape index (κ2) is 7.68. The summed E-state index contributed by atoms with van der Waals surface area (Å²) < 4.78 is 10.7. The molecule has 0 saturated heterocycles. The monoisotopic (exact) mass is 357 g/mol. The van der Waals surface area contributed by atoms with Crippen molar-refractivity contribution in [2.24, 2.45) is 0 Å². The van der Waals surface area contributed by atoms with E-state index in [9.17, 15) is 0 Å². The number of fused-ring (bicyclic) bond motifs is 1. The molecule has 136 valence electrons. The van der Waals surface area contributed by atoms with E-state index in [-0.39, 0.29) is 6.04 Å². The van der Waals surface area contributed by atoms with E-state index in [1.807, 2.05) is 12.1 Å². The zero-order chi connectivity index (χ0) is 18.6. The molecule has 0 bridgehead atoms. The summed E-state index contributed by atoms with van der Waals surface area (Å²) in [4.78, 5) is 0. The van der Waals surface area contributed by atoms with Crippen molar-refractivity contribution in [1.29, 1.82) is 0 Å². The highest BCUT2D eigenvalue weighted by atomic mass is 16.5. The first kappa shape index (κ1) is 17.4. The van der Waals surface area contributed by atoms with Gasteiger partial charge in [0.05, 0.1) is 19.6 Å². The van der Waals surface area contributed by atoms with E-state index in [2.05, 4.69) is 66.8 Å². The molecule has 0 aliphatic heterocycles. The topological polar surface area (TPSA) is 34.4 Å². The Morgan fingerprint density at radius 1 is 1.00 bits per heavy atom. The van der Waals surface area contributed by atoms with E-state index in [1.54, 1.807) is 19.6 Å². The van der Waals surface area contributed by atoms with Crippen molar-refractivity contribution in [1.82, 2.24) is 5.32 Å². The van der Waals surface area contributed by atoms with Crippen LogP contribution in [-0.2, 0) is 6.54 Å². The molecule has 0 unspecified atom stereocenters. The maximum absolute atomic E-state index is 5.51. The van der Waals surface area contributed by atoms with Crippen molar-refractivity contribution in [3.05, 3.63) is 90.4 Å². The van der Waals surface area contributed by atoms with Gasteiger partial charge in [-0.15, -0.1) is 0 Å². The Bertz CT molecular complexity index is 1030. The Morgan fingerprint density at radius 3 is 2.67 bits per heavy atom. The number of benzene rings is 3. The van der Waals surface area contributed by atoms with Crippen LogP contribution in [0.25, 0.3) is 21.9 Å². The van der Waals surface area contributed by atoms with Crippen LogP contribution in [0.15, 0.2) is 83.7 Å². The molecular weight excluding hydrogens is 334 g/mol. The molecule has 0 spiro atoms. The molecule has 3 nitrogen and oxygen atoms in total. The fraction of sp³-hybridized carbons (Fsp3) is 0.167. The lowest BCUT2D eigenvalue weighted by Gasteiger charge is -2.17. The highest BCUT2D eigenvalue weighted by molar-refractivity contribution is 5.86. The molecule has 4 aromatic rings. The molecule has 3 aromatic carbocycles. The summed E-state index contributed by atoms with van der Waals surface area (Å²) in [6.07, 6.45) is 3.43. The predicted molar refractivity (Wildman–Crippen MR) is 110 cm³/mol. The van der Waals surface area contributed by atoms with Crippen molar-refractivity contribution in [2.45, 2.75) is 19.5 Å². The van der Waals surface area contributed by atoms with E-state index < -0.39 is 0 Å². The van der Waals surface area contributed by atoms with Gasteiger partial charge in [-0.3, -0.25) is 0 Å². The summed E-state index contributed by atoms with van der Waals surface area (Å²) in [7, 11) is 1.69. The van der Waals surface area contributed by atoms with Gasteiger partial charge < -0.3 is 14.5 Å².